The number of fused-ring (bicyclic) bond motifs is 1. The zero-order valence-corrected chi connectivity index (χ0v) is 19.6. The number of nitrogens with one attached hydrogen (secondary N) is 2. The van der Waals surface area contributed by atoms with E-state index in [1.54, 1.807) is 26.2 Å². The number of rotatable bonds is 5. The maximum atomic E-state index is 13.2. The SMILES string of the molecule is COc1ccc(C)cc1NC(=O)C1CCN(S(=O)(=O)c2ccc3c(c2)NC(=O)C(C)O3)CC1. The molecule has 1 unspecified atom stereocenters. The lowest BCUT2D eigenvalue weighted by Crippen LogP contribution is -2.41. The van der Waals surface area contributed by atoms with Crippen LogP contribution in [0.25, 0.3) is 0 Å². The molecule has 2 aromatic carbocycles. The van der Waals surface area contributed by atoms with E-state index in [0.29, 0.717) is 35.7 Å². The standard InChI is InChI=1S/C23H27N3O6S/c1-14-4-6-20(31-3)18(12-14)25-23(28)16-8-10-26(11-9-16)33(29,30)17-5-7-21-19(13-17)24-22(27)15(2)32-21/h4-7,12-13,15-16H,8-11H2,1-3H3,(H,24,27)(H,25,28). The van der Waals surface area contributed by atoms with E-state index in [9.17, 15) is 18.0 Å². The molecule has 9 nitrogen and oxygen atoms in total. The fraction of sp³-hybridized carbons (Fsp3) is 0.391. The Labute approximate surface area is 193 Å². The third-order valence-electron chi connectivity index (χ3n) is 5.96. The molecule has 176 valence electrons. The summed E-state index contributed by atoms with van der Waals surface area (Å²) in [6.07, 6.45) is 0.174. The minimum absolute atomic E-state index is 0.0760. The zero-order chi connectivity index (χ0) is 23.8. The molecule has 2 aliphatic rings. The summed E-state index contributed by atoms with van der Waals surface area (Å²) < 4.78 is 38.5. The van der Waals surface area contributed by atoms with Gasteiger partial charge < -0.3 is 20.1 Å². The molecule has 0 saturated carbocycles. The van der Waals surface area contributed by atoms with Crippen LogP contribution in [-0.2, 0) is 19.6 Å². The average Bonchev–Trinajstić information content (AvgIpc) is 2.79. The molecule has 0 spiro atoms. The first-order valence-electron chi connectivity index (χ1n) is 10.8. The molecule has 2 heterocycles. The Kier molecular flexibility index (Phi) is 6.31. The van der Waals surface area contributed by atoms with Crippen LogP contribution in [0.1, 0.15) is 25.3 Å². The average molecular weight is 474 g/mol. The lowest BCUT2D eigenvalue weighted by molar-refractivity contribution is -0.123. The molecule has 2 amide bonds. The maximum Gasteiger partial charge on any atom is 0.265 e. The smallest absolute Gasteiger partial charge is 0.265 e. The first-order chi connectivity index (χ1) is 15.7. The number of hydrogen-bond donors (Lipinski definition) is 2. The van der Waals surface area contributed by atoms with Crippen molar-refractivity contribution in [3.63, 3.8) is 0 Å². The van der Waals surface area contributed by atoms with E-state index in [4.69, 9.17) is 9.47 Å². The third-order valence-corrected chi connectivity index (χ3v) is 7.85. The fourth-order valence-electron chi connectivity index (χ4n) is 4.01. The molecule has 0 aliphatic carbocycles. The Balaban J connectivity index is 1.42. The molecular weight excluding hydrogens is 446 g/mol. The van der Waals surface area contributed by atoms with Crippen LogP contribution in [0, 0.1) is 12.8 Å². The normalized spacial score (nSPS) is 19.2. The predicted octanol–water partition coefficient (Wildman–Crippen LogP) is 2.76. The summed E-state index contributed by atoms with van der Waals surface area (Å²) in [5, 5.41) is 5.59. The quantitative estimate of drug-likeness (QED) is 0.690. The van der Waals surface area contributed by atoms with E-state index in [0.717, 1.165) is 5.56 Å². The number of nitrogens with zero attached hydrogens (tertiary/aromatic N) is 1. The van der Waals surface area contributed by atoms with Gasteiger partial charge in [0.25, 0.3) is 5.91 Å². The topological polar surface area (TPSA) is 114 Å². The number of carbonyl (C=O) groups is 2. The van der Waals surface area contributed by atoms with E-state index in [1.807, 2.05) is 19.1 Å². The van der Waals surface area contributed by atoms with Crippen LogP contribution in [-0.4, -0.2) is 50.8 Å². The fourth-order valence-corrected chi connectivity index (χ4v) is 5.51. The van der Waals surface area contributed by atoms with Crippen LogP contribution < -0.4 is 20.1 Å². The van der Waals surface area contributed by atoms with Crippen molar-refractivity contribution >= 4 is 33.2 Å². The molecule has 0 bridgehead atoms. The minimum atomic E-state index is -3.78. The van der Waals surface area contributed by atoms with Crippen molar-refractivity contribution in [3.05, 3.63) is 42.0 Å². The Hall–Kier alpha value is -3.11. The van der Waals surface area contributed by atoms with Crippen molar-refractivity contribution in [1.29, 1.82) is 0 Å². The van der Waals surface area contributed by atoms with E-state index < -0.39 is 16.1 Å². The van der Waals surface area contributed by atoms with Crippen LogP contribution in [0.5, 0.6) is 11.5 Å². The molecule has 2 aliphatic heterocycles. The molecule has 0 aromatic heterocycles. The number of anilines is 2. The summed E-state index contributed by atoms with van der Waals surface area (Å²) in [5.41, 5.74) is 1.93. The zero-order valence-electron chi connectivity index (χ0n) is 18.8. The van der Waals surface area contributed by atoms with Crippen molar-refractivity contribution in [2.45, 2.75) is 37.7 Å². The molecule has 1 atom stereocenters. The highest BCUT2D eigenvalue weighted by atomic mass is 32.2. The van der Waals surface area contributed by atoms with Crippen molar-refractivity contribution < 1.29 is 27.5 Å². The van der Waals surface area contributed by atoms with Gasteiger partial charge in [0.05, 0.1) is 23.4 Å². The van der Waals surface area contributed by atoms with Crippen molar-refractivity contribution in [2.24, 2.45) is 5.92 Å². The molecule has 10 heteroatoms. The molecule has 1 fully saturated rings. The van der Waals surface area contributed by atoms with Gasteiger partial charge in [-0.25, -0.2) is 8.42 Å². The summed E-state index contributed by atoms with van der Waals surface area (Å²) in [6, 6.07) is 9.98. The molecular formula is C23H27N3O6S. The van der Waals surface area contributed by atoms with Gasteiger partial charge in [-0.3, -0.25) is 9.59 Å². The molecule has 33 heavy (non-hydrogen) atoms. The number of amides is 2. The second-order valence-electron chi connectivity index (χ2n) is 8.28. The lowest BCUT2D eigenvalue weighted by atomic mass is 9.97. The van der Waals surface area contributed by atoms with Crippen LogP contribution in [0.2, 0.25) is 0 Å². The maximum absolute atomic E-state index is 13.2. The third kappa shape index (κ3) is 4.67. The molecule has 2 aromatic rings. The number of carbonyl (C=O) groups excluding carboxylic acids is 2. The Bertz CT molecular complexity index is 1190. The van der Waals surface area contributed by atoms with E-state index >= 15 is 0 Å². The van der Waals surface area contributed by atoms with Crippen molar-refractivity contribution in [1.82, 2.24) is 4.31 Å². The number of piperidine rings is 1. The monoisotopic (exact) mass is 473 g/mol. The van der Waals surface area contributed by atoms with E-state index in [-0.39, 0.29) is 35.7 Å². The van der Waals surface area contributed by atoms with Gasteiger partial charge in [-0.05, 0) is 62.6 Å². The Morgan fingerprint density at radius 2 is 1.91 bits per heavy atom. The van der Waals surface area contributed by atoms with Crippen LogP contribution in [0.15, 0.2) is 41.3 Å². The van der Waals surface area contributed by atoms with Crippen molar-refractivity contribution in [3.8, 4) is 11.5 Å². The first kappa shape index (κ1) is 23.1. The van der Waals surface area contributed by atoms with Gasteiger partial charge in [-0.2, -0.15) is 4.31 Å². The summed E-state index contributed by atoms with van der Waals surface area (Å²) in [5.74, 6) is 0.224. The number of sulfonamides is 1. The van der Waals surface area contributed by atoms with Gasteiger partial charge in [0.2, 0.25) is 15.9 Å². The molecule has 4 rings (SSSR count). The van der Waals surface area contributed by atoms with Crippen LogP contribution >= 0.6 is 0 Å². The summed E-state index contributed by atoms with van der Waals surface area (Å²) in [6.45, 7) is 4.00. The van der Waals surface area contributed by atoms with E-state index in [2.05, 4.69) is 10.6 Å². The Morgan fingerprint density at radius 1 is 1.18 bits per heavy atom. The van der Waals surface area contributed by atoms with Gasteiger partial charge >= 0.3 is 0 Å². The molecule has 2 N–H and O–H groups in total. The van der Waals surface area contributed by atoms with Crippen molar-refractivity contribution in [2.75, 3.05) is 30.8 Å². The van der Waals surface area contributed by atoms with Gasteiger partial charge in [-0.15, -0.1) is 0 Å². The lowest BCUT2D eigenvalue weighted by Gasteiger charge is -2.31. The van der Waals surface area contributed by atoms with Gasteiger partial charge in [0, 0.05) is 19.0 Å². The molecule has 1 saturated heterocycles. The number of hydrogen-bond acceptors (Lipinski definition) is 6. The minimum Gasteiger partial charge on any atom is -0.495 e. The summed E-state index contributed by atoms with van der Waals surface area (Å²) >= 11 is 0. The highest BCUT2D eigenvalue weighted by molar-refractivity contribution is 7.89. The Morgan fingerprint density at radius 3 is 2.61 bits per heavy atom. The number of ether oxygens (including phenoxy) is 2. The highest BCUT2D eigenvalue weighted by Gasteiger charge is 2.33. The summed E-state index contributed by atoms with van der Waals surface area (Å²) in [4.78, 5) is 24.7. The molecule has 0 radical (unpaired) electrons. The summed E-state index contributed by atoms with van der Waals surface area (Å²) in [7, 11) is -2.23. The number of aryl methyl sites for hydroxylation is 1. The largest absolute Gasteiger partial charge is 0.495 e. The number of benzene rings is 2. The predicted molar refractivity (Wildman–Crippen MR) is 123 cm³/mol. The number of methoxy groups -OCH3 is 1. The van der Waals surface area contributed by atoms with Gasteiger partial charge in [-0.1, -0.05) is 6.07 Å². The highest BCUT2D eigenvalue weighted by Crippen LogP contribution is 2.34. The van der Waals surface area contributed by atoms with Crippen LogP contribution in [0.3, 0.4) is 0 Å². The van der Waals surface area contributed by atoms with Crippen LogP contribution in [0.4, 0.5) is 11.4 Å². The van der Waals surface area contributed by atoms with Gasteiger partial charge in [0.1, 0.15) is 11.5 Å². The van der Waals surface area contributed by atoms with E-state index in [1.165, 1.54) is 16.4 Å². The van der Waals surface area contributed by atoms with Gasteiger partial charge in [0.15, 0.2) is 6.10 Å². The second-order valence-corrected chi connectivity index (χ2v) is 10.2. The first-order valence-corrected chi connectivity index (χ1v) is 12.2. The second kappa shape index (κ2) is 9.03.